The Labute approximate surface area is 100 Å². The Hall–Kier alpha value is -1.00. The first-order chi connectivity index (χ1) is 7.63. The van der Waals surface area contributed by atoms with Gasteiger partial charge in [0.05, 0.1) is 11.1 Å². The Kier molecular flexibility index (Phi) is 3.21. The smallest absolute Gasteiger partial charge is 0.270 e. The van der Waals surface area contributed by atoms with Crippen molar-refractivity contribution in [1.29, 1.82) is 0 Å². The summed E-state index contributed by atoms with van der Waals surface area (Å²) in [5.41, 5.74) is 0.652. The van der Waals surface area contributed by atoms with E-state index in [1.54, 1.807) is 16.8 Å². The average molecular weight is 242 g/mol. The van der Waals surface area contributed by atoms with Crippen molar-refractivity contribution in [1.82, 2.24) is 14.8 Å². The zero-order valence-corrected chi connectivity index (χ0v) is 10.3. The monoisotopic (exact) mass is 241 g/mol. The van der Waals surface area contributed by atoms with E-state index in [9.17, 15) is 4.79 Å². The fraction of sp³-hybridized carbons (Fsp3) is 0.545. The second kappa shape index (κ2) is 4.47. The molecule has 4 nitrogen and oxygen atoms in total. The molecular weight excluding hydrogens is 226 g/mol. The SMILES string of the molecule is CCN(C(=O)c1cc(Cl)cn1C)C1CNC1. The van der Waals surface area contributed by atoms with E-state index in [0.717, 1.165) is 19.6 Å². The predicted molar refractivity (Wildman–Crippen MR) is 63.8 cm³/mol. The van der Waals surface area contributed by atoms with Crippen LogP contribution in [-0.4, -0.2) is 41.1 Å². The molecule has 0 bridgehead atoms. The number of likely N-dealkylation sites (N-methyl/N-ethyl adjacent to an activating group) is 1. The standard InChI is InChI=1S/C11H16ClN3O/c1-3-15(9-5-13-6-9)11(16)10-4-8(12)7-14(10)2/h4,7,9,13H,3,5-6H2,1-2H3. The minimum absolute atomic E-state index is 0.0587. The molecule has 5 heteroatoms. The van der Waals surface area contributed by atoms with Crippen LogP contribution in [0, 0.1) is 0 Å². The summed E-state index contributed by atoms with van der Waals surface area (Å²) in [5, 5.41) is 3.78. The van der Waals surface area contributed by atoms with Gasteiger partial charge in [0.1, 0.15) is 5.69 Å². The summed E-state index contributed by atoms with van der Waals surface area (Å²) in [6.45, 7) is 4.50. The van der Waals surface area contributed by atoms with E-state index >= 15 is 0 Å². The van der Waals surface area contributed by atoms with E-state index in [4.69, 9.17) is 11.6 Å². The van der Waals surface area contributed by atoms with Gasteiger partial charge in [-0.1, -0.05) is 11.6 Å². The zero-order chi connectivity index (χ0) is 11.7. The second-order valence-corrected chi connectivity index (χ2v) is 4.49. The number of amides is 1. The van der Waals surface area contributed by atoms with Gasteiger partial charge in [-0.25, -0.2) is 0 Å². The molecule has 1 amide bonds. The number of nitrogens with one attached hydrogen (secondary N) is 1. The number of halogens is 1. The van der Waals surface area contributed by atoms with Crippen LogP contribution in [0.3, 0.4) is 0 Å². The normalized spacial score (nSPS) is 15.9. The summed E-state index contributed by atoms with van der Waals surface area (Å²) in [6, 6.07) is 2.05. The van der Waals surface area contributed by atoms with E-state index in [-0.39, 0.29) is 5.91 Å². The van der Waals surface area contributed by atoms with Crippen molar-refractivity contribution in [3.8, 4) is 0 Å². The topological polar surface area (TPSA) is 37.3 Å². The maximum Gasteiger partial charge on any atom is 0.270 e. The Morgan fingerprint density at radius 1 is 1.69 bits per heavy atom. The van der Waals surface area contributed by atoms with Crippen molar-refractivity contribution >= 4 is 17.5 Å². The van der Waals surface area contributed by atoms with Crippen molar-refractivity contribution in [3.63, 3.8) is 0 Å². The van der Waals surface area contributed by atoms with Gasteiger partial charge < -0.3 is 14.8 Å². The van der Waals surface area contributed by atoms with Gasteiger partial charge in [0.15, 0.2) is 0 Å². The summed E-state index contributed by atoms with van der Waals surface area (Å²) in [6.07, 6.45) is 1.75. The summed E-state index contributed by atoms with van der Waals surface area (Å²) in [5.74, 6) is 0.0587. The van der Waals surface area contributed by atoms with Crippen LogP contribution in [-0.2, 0) is 7.05 Å². The van der Waals surface area contributed by atoms with Gasteiger partial charge >= 0.3 is 0 Å². The number of hydrogen-bond acceptors (Lipinski definition) is 2. The van der Waals surface area contributed by atoms with E-state index in [0.29, 0.717) is 16.8 Å². The molecule has 0 unspecified atom stereocenters. The van der Waals surface area contributed by atoms with Crippen LogP contribution in [0.2, 0.25) is 5.02 Å². The van der Waals surface area contributed by atoms with Crippen LogP contribution in [0.5, 0.6) is 0 Å². The van der Waals surface area contributed by atoms with E-state index in [1.807, 2.05) is 18.9 Å². The molecule has 1 aromatic heterocycles. The van der Waals surface area contributed by atoms with Crippen molar-refractivity contribution in [2.75, 3.05) is 19.6 Å². The quantitative estimate of drug-likeness (QED) is 0.861. The number of hydrogen-bond donors (Lipinski definition) is 1. The number of carbonyl (C=O) groups is 1. The second-order valence-electron chi connectivity index (χ2n) is 4.06. The summed E-state index contributed by atoms with van der Waals surface area (Å²) >= 11 is 5.88. The molecule has 0 radical (unpaired) electrons. The minimum atomic E-state index is 0.0587. The van der Waals surface area contributed by atoms with Gasteiger partial charge in [-0.15, -0.1) is 0 Å². The van der Waals surface area contributed by atoms with Crippen LogP contribution in [0.25, 0.3) is 0 Å². The Morgan fingerprint density at radius 3 is 2.75 bits per heavy atom. The molecular formula is C11H16ClN3O. The Bertz CT molecular complexity index is 398. The molecule has 1 aromatic rings. The molecule has 1 fully saturated rings. The molecule has 0 spiro atoms. The minimum Gasteiger partial charge on any atom is -0.345 e. The van der Waals surface area contributed by atoms with Crippen LogP contribution in [0.4, 0.5) is 0 Å². The highest BCUT2D eigenvalue weighted by molar-refractivity contribution is 6.31. The van der Waals surface area contributed by atoms with Gasteiger partial charge in [-0.2, -0.15) is 0 Å². The lowest BCUT2D eigenvalue weighted by molar-refractivity contribution is 0.0620. The maximum atomic E-state index is 12.3. The molecule has 0 atom stereocenters. The lowest BCUT2D eigenvalue weighted by Gasteiger charge is -2.37. The fourth-order valence-electron chi connectivity index (χ4n) is 1.95. The van der Waals surface area contributed by atoms with Crippen molar-refractivity contribution < 1.29 is 4.79 Å². The first kappa shape index (κ1) is 11.5. The highest BCUT2D eigenvalue weighted by atomic mass is 35.5. The van der Waals surface area contributed by atoms with Gasteiger partial charge in [0, 0.05) is 32.9 Å². The summed E-state index contributed by atoms with van der Waals surface area (Å²) in [4.78, 5) is 14.2. The van der Waals surface area contributed by atoms with Gasteiger partial charge in [-0.05, 0) is 13.0 Å². The summed E-state index contributed by atoms with van der Waals surface area (Å²) < 4.78 is 1.78. The molecule has 2 heterocycles. The van der Waals surface area contributed by atoms with Crippen molar-refractivity contribution in [3.05, 3.63) is 23.0 Å². The van der Waals surface area contributed by atoms with Crippen LogP contribution in [0.15, 0.2) is 12.3 Å². The van der Waals surface area contributed by atoms with E-state index < -0.39 is 0 Å². The molecule has 1 aliphatic rings. The molecule has 1 N–H and O–H groups in total. The van der Waals surface area contributed by atoms with Crippen molar-refractivity contribution in [2.45, 2.75) is 13.0 Å². The van der Waals surface area contributed by atoms with Crippen LogP contribution < -0.4 is 5.32 Å². The maximum absolute atomic E-state index is 12.3. The largest absolute Gasteiger partial charge is 0.345 e. The number of nitrogens with zero attached hydrogens (tertiary/aromatic N) is 2. The Balaban J connectivity index is 2.19. The highest BCUT2D eigenvalue weighted by Crippen LogP contribution is 2.16. The average Bonchev–Trinajstić information content (AvgIpc) is 2.50. The fourth-order valence-corrected chi connectivity index (χ4v) is 2.20. The zero-order valence-electron chi connectivity index (χ0n) is 9.53. The van der Waals surface area contributed by atoms with Crippen LogP contribution in [0.1, 0.15) is 17.4 Å². The molecule has 0 aliphatic carbocycles. The van der Waals surface area contributed by atoms with Gasteiger partial charge in [-0.3, -0.25) is 4.79 Å². The molecule has 1 saturated heterocycles. The number of aryl methyl sites for hydroxylation is 1. The molecule has 2 rings (SSSR count). The molecule has 0 saturated carbocycles. The van der Waals surface area contributed by atoms with Crippen molar-refractivity contribution in [2.24, 2.45) is 7.05 Å². The van der Waals surface area contributed by atoms with Crippen LogP contribution >= 0.6 is 11.6 Å². The lowest BCUT2D eigenvalue weighted by atomic mass is 10.1. The molecule has 1 aliphatic heterocycles. The predicted octanol–water partition coefficient (Wildman–Crippen LogP) is 1.11. The third-order valence-electron chi connectivity index (χ3n) is 2.99. The molecule has 16 heavy (non-hydrogen) atoms. The lowest BCUT2D eigenvalue weighted by Crippen LogP contribution is -2.58. The number of aromatic nitrogens is 1. The highest BCUT2D eigenvalue weighted by Gasteiger charge is 2.29. The molecule has 88 valence electrons. The van der Waals surface area contributed by atoms with Gasteiger partial charge in [0.25, 0.3) is 5.91 Å². The Morgan fingerprint density at radius 2 is 2.38 bits per heavy atom. The number of carbonyl (C=O) groups excluding carboxylic acids is 1. The van der Waals surface area contributed by atoms with E-state index in [2.05, 4.69) is 5.32 Å². The first-order valence-corrected chi connectivity index (χ1v) is 5.84. The van der Waals surface area contributed by atoms with E-state index in [1.165, 1.54) is 0 Å². The molecule has 0 aromatic carbocycles. The van der Waals surface area contributed by atoms with Gasteiger partial charge in [0.2, 0.25) is 0 Å². The third-order valence-corrected chi connectivity index (χ3v) is 3.20. The first-order valence-electron chi connectivity index (χ1n) is 5.47. The summed E-state index contributed by atoms with van der Waals surface area (Å²) in [7, 11) is 1.84. The third kappa shape index (κ3) is 1.95. The number of rotatable bonds is 3.